The van der Waals surface area contributed by atoms with Gasteiger partial charge in [-0.3, -0.25) is 9.78 Å². The standard InChI is InChI=1S/C18H19N7O2/c26-17(15-4-2-10-27-15)24-6-8-25(9-7-24)18-22-16(13-21-23-18)20-12-14-3-1-5-19-11-14/h1-5,10-11,13H,6-9,12H2,(H,20,22,23). The molecule has 4 rings (SSSR count). The Balaban J connectivity index is 1.35. The number of nitrogens with one attached hydrogen (secondary N) is 1. The maximum atomic E-state index is 12.3. The number of pyridine rings is 1. The summed E-state index contributed by atoms with van der Waals surface area (Å²) in [7, 11) is 0. The summed E-state index contributed by atoms with van der Waals surface area (Å²) in [5, 5.41) is 11.4. The van der Waals surface area contributed by atoms with E-state index in [1.807, 2.05) is 17.0 Å². The molecule has 0 radical (unpaired) electrons. The number of piperazine rings is 1. The molecule has 3 aromatic heterocycles. The maximum Gasteiger partial charge on any atom is 0.289 e. The predicted molar refractivity (Wildman–Crippen MR) is 98.2 cm³/mol. The fourth-order valence-electron chi connectivity index (χ4n) is 2.87. The van der Waals surface area contributed by atoms with Crippen LogP contribution in [0, 0.1) is 0 Å². The van der Waals surface area contributed by atoms with Crippen LogP contribution in [-0.2, 0) is 6.54 Å². The molecule has 4 heterocycles. The largest absolute Gasteiger partial charge is 0.459 e. The first kappa shape index (κ1) is 17.0. The lowest BCUT2D eigenvalue weighted by atomic mass is 10.3. The second-order valence-electron chi connectivity index (χ2n) is 6.11. The lowest BCUT2D eigenvalue weighted by molar-refractivity contribution is 0.0714. The quantitative estimate of drug-likeness (QED) is 0.725. The number of hydrogen-bond donors (Lipinski definition) is 1. The monoisotopic (exact) mass is 365 g/mol. The molecule has 0 aromatic carbocycles. The molecule has 0 aliphatic carbocycles. The number of carbonyl (C=O) groups excluding carboxylic acids is 1. The lowest BCUT2D eigenvalue weighted by Gasteiger charge is -2.34. The first-order chi connectivity index (χ1) is 13.3. The molecule has 0 saturated carbocycles. The van der Waals surface area contributed by atoms with Gasteiger partial charge in [0.05, 0.1) is 12.5 Å². The molecule has 9 heteroatoms. The lowest BCUT2D eigenvalue weighted by Crippen LogP contribution is -2.49. The molecule has 1 amide bonds. The Morgan fingerprint density at radius 3 is 2.78 bits per heavy atom. The molecular weight excluding hydrogens is 346 g/mol. The van der Waals surface area contributed by atoms with Crippen LogP contribution in [0.4, 0.5) is 11.8 Å². The van der Waals surface area contributed by atoms with Crippen LogP contribution in [0.5, 0.6) is 0 Å². The third kappa shape index (κ3) is 4.02. The van der Waals surface area contributed by atoms with Gasteiger partial charge in [0.1, 0.15) is 0 Å². The van der Waals surface area contributed by atoms with E-state index >= 15 is 0 Å². The molecule has 0 bridgehead atoms. The molecule has 9 nitrogen and oxygen atoms in total. The fraction of sp³-hybridized carbons (Fsp3) is 0.278. The van der Waals surface area contributed by atoms with Gasteiger partial charge in [-0.1, -0.05) is 6.07 Å². The summed E-state index contributed by atoms with van der Waals surface area (Å²) in [5.74, 6) is 1.47. The summed E-state index contributed by atoms with van der Waals surface area (Å²) in [6, 6.07) is 7.28. The summed E-state index contributed by atoms with van der Waals surface area (Å²) < 4.78 is 5.19. The van der Waals surface area contributed by atoms with Gasteiger partial charge < -0.3 is 19.5 Å². The Morgan fingerprint density at radius 1 is 1.15 bits per heavy atom. The molecule has 1 N–H and O–H groups in total. The Bertz CT molecular complexity index is 878. The predicted octanol–water partition coefficient (Wildman–Crippen LogP) is 1.43. The molecule has 1 saturated heterocycles. The average molecular weight is 365 g/mol. The highest BCUT2D eigenvalue weighted by Gasteiger charge is 2.25. The van der Waals surface area contributed by atoms with E-state index in [-0.39, 0.29) is 5.91 Å². The molecule has 0 unspecified atom stereocenters. The summed E-state index contributed by atoms with van der Waals surface area (Å²) in [5.41, 5.74) is 1.06. The number of anilines is 2. The van der Waals surface area contributed by atoms with E-state index in [4.69, 9.17) is 4.42 Å². The van der Waals surface area contributed by atoms with Gasteiger partial charge in [0.25, 0.3) is 5.91 Å². The summed E-state index contributed by atoms with van der Waals surface area (Å²) in [6.45, 7) is 3.05. The smallest absolute Gasteiger partial charge is 0.289 e. The molecule has 0 spiro atoms. The zero-order valence-corrected chi connectivity index (χ0v) is 14.7. The number of nitrogens with zero attached hydrogens (tertiary/aromatic N) is 6. The van der Waals surface area contributed by atoms with Crippen LogP contribution in [0.25, 0.3) is 0 Å². The van der Waals surface area contributed by atoms with Crippen molar-refractivity contribution in [2.75, 3.05) is 36.4 Å². The topological polar surface area (TPSA) is 100 Å². The minimum Gasteiger partial charge on any atom is -0.459 e. The fourth-order valence-corrected chi connectivity index (χ4v) is 2.87. The molecule has 0 atom stereocenters. The van der Waals surface area contributed by atoms with Crippen molar-refractivity contribution in [3.05, 3.63) is 60.4 Å². The van der Waals surface area contributed by atoms with Crippen molar-refractivity contribution in [3.63, 3.8) is 0 Å². The van der Waals surface area contributed by atoms with Gasteiger partial charge in [-0.25, -0.2) is 0 Å². The van der Waals surface area contributed by atoms with Gasteiger partial charge in [-0.05, 0) is 23.8 Å². The number of hydrogen-bond acceptors (Lipinski definition) is 8. The van der Waals surface area contributed by atoms with Crippen LogP contribution in [-0.4, -0.2) is 57.2 Å². The Kier molecular flexibility index (Phi) is 4.91. The number of rotatable bonds is 5. The van der Waals surface area contributed by atoms with Gasteiger partial charge in [-0.15, -0.1) is 5.10 Å². The van der Waals surface area contributed by atoms with Gasteiger partial charge in [0.15, 0.2) is 11.6 Å². The number of furan rings is 1. The molecule has 1 aliphatic heterocycles. The minimum atomic E-state index is -0.0921. The number of aromatic nitrogens is 4. The molecule has 3 aromatic rings. The highest BCUT2D eigenvalue weighted by atomic mass is 16.3. The van der Waals surface area contributed by atoms with E-state index in [0.29, 0.717) is 50.3 Å². The van der Waals surface area contributed by atoms with Crippen LogP contribution in [0.2, 0.25) is 0 Å². The van der Waals surface area contributed by atoms with Gasteiger partial charge in [-0.2, -0.15) is 10.1 Å². The Hall–Kier alpha value is -3.49. The maximum absolute atomic E-state index is 12.3. The van der Waals surface area contributed by atoms with Crippen molar-refractivity contribution < 1.29 is 9.21 Å². The van der Waals surface area contributed by atoms with Crippen molar-refractivity contribution in [2.24, 2.45) is 0 Å². The van der Waals surface area contributed by atoms with E-state index in [0.717, 1.165) is 5.56 Å². The van der Waals surface area contributed by atoms with Crippen LogP contribution >= 0.6 is 0 Å². The van der Waals surface area contributed by atoms with Crippen molar-refractivity contribution in [2.45, 2.75) is 6.54 Å². The second-order valence-corrected chi connectivity index (χ2v) is 6.11. The van der Waals surface area contributed by atoms with Crippen LogP contribution < -0.4 is 10.2 Å². The molecule has 138 valence electrons. The van der Waals surface area contributed by atoms with Crippen molar-refractivity contribution >= 4 is 17.7 Å². The Morgan fingerprint density at radius 2 is 2.04 bits per heavy atom. The summed E-state index contributed by atoms with van der Waals surface area (Å²) in [4.78, 5) is 24.7. The van der Waals surface area contributed by atoms with E-state index in [1.165, 1.54) is 6.26 Å². The highest BCUT2D eigenvalue weighted by Crippen LogP contribution is 2.15. The van der Waals surface area contributed by atoms with Crippen molar-refractivity contribution in [3.8, 4) is 0 Å². The van der Waals surface area contributed by atoms with Crippen LogP contribution in [0.3, 0.4) is 0 Å². The van der Waals surface area contributed by atoms with E-state index in [9.17, 15) is 4.79 Å². The van der Waals surface area contributed by atoms with Crippen molar-refractivity contribution in [1.29, 1.82) is 0 Å². The summed E-state index contributed by atoms with van der Waals surface area (Å²) in [6.07, 6.45) is 6.64. The third-order valence-corrected chi connectivity index (χ3v) is 4.33. The normalized spacial score (nSPS) is 14.2. The second kappa shape index (κ2) is 7.81. The Labute approximate surface area is 156 Å². The van der Waals surface area contributed by atoms with Gasteiger partial charge >= 0.3 is 0 Å². The molecular formula is C18H19N7O2. The van der Waals surface area contributed by atoms with E-state index in [2.05, 4.69) is 25.5 Å². The van der Waals surface area contributed by atoms with Crippen LogP contribution in [0.1, 0.15) is 16.1 Å². The number of amides is 1. The van der Waals surface area contributed by atoms with Crippen molar-refractivity contribution in [1.82, 2.24) is 25.1 Å². The average Bonchev–Trinajstić information content (AvgIpc) is 3.28. The highest BCUT2D eigenvalue weighted by molar-refractivity contribution is 5.91. The zero-order chi connectivity index (χ0) is 18.5. The summed E-state index contributed by atoms with van der Waals surface area (Å²) >= 11 is 0. The van der Waals surface area contributed by atoms with Gasteiger partial charge in [0, 0.05) is 45.1 Å². The van der Waals surface area contributed by atoms with Gasteiger partial charge in [0.2, 0.25) is 5.95 Å². The van der Waals surface area contributed by atoms with E-state index in [1.54, 1.807) is 35.6 Å². The first-order valence-corrected chi connectivity index (χ1v) is 8.70. The zero-order valence-electron chi connectivity index (χ0n) is 14.7. The molecule has 1 fully saturated rings. The van der Waals surface area contributed by atoms with E-state index < -0.39 is 0 Å². The third-order valence-electron chi connectivity index (χ3n) is 4.33. The first-order valence-electron chi connectivity index (χ1n) is 8.70. The van der Waals surface area contributed by atoms with Crippen LogP contribution in [0.15, 0.2) is 53.5 Å². The molecule has 1 aliphatic rings. The number of carbonyl (C=O) groups is 1. The minimum absolute atomic E-state index is 0.0921. The molecule has 27 heavy (non-hydrogen) atoms. The SMILES string of the molecule is O=C(c1ccco1)N1CCN(c2nncc(NCc3cccnc3)n2)CC1.